The van der Waals surface area contributed by atoms with E-state index in [4.69, 9.17) is 15.9 Å². The van der Waals surface area contributed by atoms with Crippen molar-refractivity contribution < 1.29 is 27.8 Å². The molecule has 1 amide bonds. The summed E-state index contributed by atoms with van der Waals surface area (Å²) in [6.07, 6.45) is 4.81. The highest BCUT2D eigenvalue weighted by Crippen LogP contribution is 2.37. The minimum absolute atomic E-state index is 0.0410. The normalized spacial score (nSPS) is 22.6. The van der Waals surface area contributed by atoms with Crippen LogP contribution in [0.3, 0.4) is 0 Å². The number of terminal acetylenes is 1. The van der Waals surface area contributed by atoms with E-state index in [0.29, 0.717) is 19.3 Å². The monoisotopic (exact) mass is 371 g/mol. The van der Waals surface area contributed by atoms with Crippen molar-refractivity contribution in [1.29, 1.82) is 0 Å². The van der Waals surface area contributed by atoms with Crippen LogP contribution in [-0.4, -0.2) is 53.3 Å². The molecule has 9 heteroatoms. The van der Waals surface area contributed by atoms with Crippen LogP contribution in [0.1, 0.15) is 46.5 Å². The minimum Gasteiger partial charge on any atom is -0.464 e. The third-order valence-corrected chi connectivity index (χ3v) is 3.97. The molecule has 0 radical (unpaired) electrons. The molecule has 1 saturated heterocycles. The van der Waals surface area contributed by atoms with Gasteiger partial charge >= 0.3 is 12.1 Å². The number of hydrogen-bond donors (Lipinski definition) is 0. The molecule has 7 nitrogen and oxygen atoms in total. The van der Waals surface area contributed by atoms with Gasteiger partial charge in [0.05, 0.1) is 13.2 Å². The van der Waals surface area contributed by atoms with Crippen molar-refractivity contribution >= 4 is 12.1 Å². The minimum atomic E-state index is -3.17. The molecule has 0 bridgehead atoms. The van der Waals surface area contributed by atoms with E-state index in [2.05, 4.69) is 16.1 Å². The van der Waals surface area contributed by atoms with E-state index in [1.165, 1.54) is 0 Å². The van der Waals surface area contributed by atoms with E-state index >= 15 is 0 Å². The maximum absolute atomic E-state index is 13.8. The molecule has 0 spiro atoms. The summed E-state index contributed by atoms with van der Waals surface area (Å²) in [7, 11) is 0. The number of likely N-dealkylation sites (tertiary alicyclic amines) is 1. The van der Waals surface area contributed by atoms with Crippen molar-refractivity contribution in [3.8, 4) is 12.3 Å². The van der Waals surface area contributed by atoms with Gasteiger partial charge in [0.2, 0.25) is 0 Å². The van der Waals surface area contributed by atoms with Gasteiger partial charge in [-0.3, -0.25) is 4.90 Å². The van der Waals surface area contributed by atoms with E-state index in [-0.39, 0.29) is 6.61 Å². The Hall–Kier alpha value is -2.24. The highest BCUT2D eigenvalue weighted by molar-refractivity contribution is 5.82. The van der Waals surface area contributed by atoms with Crippen LogP contribution in [0.15, 0.2) is 10.2 Å². The maximum Gasteiger partial charge on any atom is 0.411 e. The van der Waals surface area contributed by atoms with Gasteiger partial charge < -0.3 is 9.47 Å². The zero-order valence-electron chi connectivity index (χ0n) is 15.1. The second-order valence-corrected chi connectivity index (χ2v) is 7.49. The fourth-order valence-electron chi connectivity index (χ4n) is 2.62. The first kappa shape index (κ1) is 20.1. The Morgan fingerprint density at radius 2 is 1.96 bits per heavy atom. The molecule has 0 aromatic heterocycles. The molecule has 0 aliphatic carbocycles. The Morgan fingerprint density at radius 3 is 2.50 bits per heavy atom. The van der Waals surface area contributed by atoms with Gasteiger partial charge in [-0.15, -0.1) is 12.3 Å². The molecule has 2 heterocycles. The number of rotatable bonds is 6. The summed E-state index contributed by atoms with van der Waals surface area (Å²) >= 11 is 0. The van der Waals surface area contributed by atoms with Crippen molar-refractivity contribution in [1.82, 2.24) is 4.90 Å². The van der Waals surface area contributed by atoms with Gasteiger partial charge in [-0.05, 0) is 20.8 Å². The van der Waals surface area contributed by atoms with Crippen LogP contribution >= 0.6 is 0 Å². The highest BCUT2D eigenvalue weighted by Gasteiger charge is 2.52. The Kier molecular flexibility index (Phi) is 5.54. The number of halogens is 2. The number of nitrogens with zero attached hydrogens (tertiary/aromatic N) is 3. The third-order valence-electron chi connectivity index (χ3n) is 3.97. The van der Waals surface area contributed by atoms with Crippen LogP contribution < -0.4 is 0 Å². The lowest BCUT2D eigenvalue weighted by atomic mass is 10.1. The predicted molar refractivity (Wildman–Crippen MR) is 87.5 cm³/mol. The zero-order valence-corrected chi connectivity index (χ0v) is 15.1. The average molecular weight is 371 g/mol. The summed E-state index contributed by atoms with van der Waals surface area (Å²) in [5.41, 5.74) is -1.49. The second-order valence-electron chi connectivity index (χ2n) is 7.49. The summed E-state index contributed by atoms with van der Waals surface area (Å²) in [6, 6.07) is -1.38. The molecule has 26 heavy (non-hydrogen) atoms. The Morgan fingerprint density at radius 1 is 1.31 bits per heavy atom. The molecule has 0 unspecified atom stereocenters. The van der Waals surface area contributed by atoms with E-state index < -0.39 is 48.3 Å². The van der Waals surface area contributed by atoms with E-state index in [0.717, 1.165) is 4.90 Å². The number of esters is 1. The number of amides is 1. The number of carbonyl (C=O) groups is 2. The van der Waals surface area contributed by atoms with Crippen LogP contribution in [0.4, 0.5) is 13.6 Å². The molecular weight excluding hydrogens is 348 g/mol. The van der Waals surface area contributed by atoms with Gasteiger partial charge in [0.1, 0.15) is 11.6 Å². The first-order valence-electron chi connectivity index (χ1n) is 8.39. The Balaban J connectivity index is 1.90. The molecule has 0 saturated carbocycles. The first-order chi connectivity index (χ1) is 12.0. The predicted octanol–water partition coefficient (Wildman–Crippen LogP) is 3.14. The summed E-state index contributed by atoms with van der Waals surface area (Å²) in [6.45, 7) is 3.93. The van der Waals surface area contributed by atoms with Gasteiger partial charge in [-0.1, -0.05) is 0 Å². The summed E-state index contributed by atoms with van der Waals surface area (Å²) in [4.78, 5) is 25.1. The summed E-state index contributed by atoms with van der Waals surface area (Å²) in [5.74, 6) is -1.57. The molecule has 1 atom stereocenters. The van der Waals surface area contributed by atoms with Crippen LogP contribution in [0.2, 0.25) is 0 Å². The maximum atomic E-state index is 13.8. The SMILES string of the molecule is C#CCCC1(CCOC(=O)[C@H]2CC(F)(F)CN2C(=O)OC(C)(C)C)N=N1. The van der Waals surface area contributed by atoms with Crippen molar-refractivity contribution in [2.75, 3.05) is 13.2 Å². The van der Waals surface area contributed by atoms with E-state index in [9.17, 15) is 18.4 Å². The first-order valence-corrected chi connectivity index (χ1v) is 8.39. The van der Waals surface area contributed by atoms with Gasteiger partial charge in [0, 0.05) is 25.7 Å². The van der Waals surface area contributed by atoms with Crippen molar-refractivity contribution in [2.45, 2.75) is 69.7 Å². The summed E-state index contributed by atoms with van der Waals surface area (Å²) < 4.78 is 37.7. The molecule has 0 aromatic carbocycles. The molecule has 0 aromatic rings. The fraction of sp³-hybridized carbons (Fsp3) is 0.765. The average Bonchev–Trinajstić information content (AvgIpc) is 3.19. The lowest BCUT2D eigenvalue weighted by Gasteiger charge is -2.27. The number of carbonyl (C=O) groups excluding carboxylic acids is 2. The Bertz CT molecular complexity index is 631. The number of hydrogen-bond acceptors (Lipinski definition) is 6. The van der Waals surface area contributed by atoms with Gasteiger partial charge in [0.15, 0.2) is 5.66 Å². The highest BCUT2D eigenvalue weighted by atomic mass is 19.3. The molecule has 2 aliphatic rings. The third kappa shape index (κ3) is 5.38. The Labute approximate surface area is 151 Å². The molecule has 2 rings (SSSR count). The summed E-state index contributed by atoms with van der Waals surface area (Å²) in [5, 5.41) is 7.81. The molecule has 144 valence electrons. The molecule has 2 aliphatic heterocycles. The second kappa shape index (κ2) is 7.17. The smallest absolute Gasteiger partial charge is 0.411 e. The molecule has 0 N–H and O–H groups in total. The largest absolute Gasteiger partial charge is 0.464 e. The van der Waals surface area contributed by atoms with Crippen molar-refractivity contribution in [2.24, 2.45) is 10.2 Å². The fourth-order valence-corrected chi connectivity index (χ4v) is 2.62. The molecular formula is C17H23F2N3O4. The van der Waals surface area contributed by atoms with Crippen LogP contribution in [0.25, 0.3) is 0 Å². The van der Waals surface area contributed by atoms with Crippen LogP contribution in [0.5, 0.6) is 0 Å². The van der Waals surface area contributed by atoms with Gasteiger partial charge in [-0.2, -0.15) is 10.2 Å². The molecule has 1 fully saturated rings. The van der Waals surface area contributed by atoms with Crippen molar-refractivity contribution in [3.05, 3.63) is 0 Å². The van der Waals surface area contributed by atoms with Crippen LogP contribution in [0, 0.1) is 12.3 Å². The lowest BCUT2D eigenvalue weighted by Crippen LogP contribution is -2.44. The van der Waals surface area contributed by atoms with E-state index in [1.54, 1.807) is 20.8 Å². The number of ether oxygens (including phenoxy) is 2. The topological polar surface area (TPSA) is 80.6 Å². The lowest BCUT2D eigenvalue weighted by molar-refractivity contribution is -0.149. The number of alkyl halides is 2. The zero-order chi connectivity index (χ0) is 19.6. The van der Waals surface area contributed by atoms with E-state index in [1.807, 2.05) is 0 Å². The van der Waals surface area contributed by atoms with Gasteiger partial charge in [0.25, 0.3) is 5.92 Å². The quantitative estimate of drug-likeness (QED) is 0.531. The van der Waals surface area contributed by atoms with Gasteiger partial charge in [-0.25, -0.2) is 18.4 Å². The standard InChI is InChI=1S/C17H23F2N3O4/c1-5-6-7-17(20-21-17)8-9-25-13(23)12-10-16(18,19)11-22(12)14(24)26-15(2,3)4/h1,12H,6-11H2,2-4H3/t12-/m1/s1. The van der Waals surface area contributed by atoms with Crippen molar-refractivity contribution in [3.63, 3.8) is 0 Å². The van der Waals surface area contributed by atoms with Crippen LogP contribution in [-0.2, 0) is 14.3 Å².